The molecule has 1 aliphatic rings. The average Bonchev–Trinajstić information content (AvgIpc) is 3.03. The van der Waals surface area contributed by atoms with E-state index in [2.05, 4.69) is 38.9 Å². The van der Waals surface area contributed by atoms with Gasteiger partial charge in [0, 0.05) is 30.8 Å². The van der Waals surface area contributed by atoms with Gasteiger partial charge < -0.3 is 9.26 Å². The van der Waals surface area contributed by atoms with Crippen molar-refractivity contribution in [3.8, 4) is 6.01 Å². The SMILES string of the molecule is Cc1cnc(OCC2CCCN(Cc3nc(C(C)C)no3)C2)nc1. The van der Waals surface area contributed by atoms with Gasteiger partial charge in [0.15, 0.2) is 5.82 Å². The Hall–Kier alpha value is -2.02. The predicted molar refractivity (Wildman–Crippen MR) is 88.7 cm³/mol. The summed E-state index contributed by atoms with van der Waals surface area (Å²) in [5, 5.41) is 4.03. The highest BCUT2D eigenvalue weighted by Crippen LogP contribution is 2.19. The van der Waals surface area contributed by atoms with E-state index in [0.717, 1.165) is 37.3 Å². The van der Waals surface area contributed by atoms with Gasteiger partial charge in [0.2, 0.25) is 5.89 Å². The molecule has 0 bridgehead atoms. The molecule has 3 rings (SSSR count). The van der Waals surface area contributed by atoms with Gasteiger partial charge in [-0.1, -0.05) is 19.0 Å². The molecular weight excluding hydrogens is 306 g/mol. The zero-order valence-electron chi connectivity index (χ0n) is 14.6. The predicted octanol–water partition coefficient (Wildman–Crippen LogP) is 2.58. The molecule has 0 aliphatic carbocycles. The first kappa shape index (κ1) is 16.8. The van der Waals surface area contributed by atoms with Gasteiger partial charge in [0.1, 0.15) is 0 Å². The van der Waals surface area contributed by atoms with Crippen molar-refractivity contribution < 1.29 is 9.26 Å². The number of likely N-dealkylation sites (tertiary alicyclic amines) is 1. The maximum atomic E-state index is 5.73. The van der Waals surface area contributed by atoms with Crippen LogP contribution in [-0.4, -0.2) is 44.7 Å². The molecule has 7 nitrogen and oxygen atoms in total. The molecule has 1 aliphatic heterocycles. The van der Waals surface area contributed by atoms with Gasteiger partial charge in [-0.15, -0.1) is 0 Å². The third-order valence-electron chi connectivity index (χ3n) is 4.17. The lowest BCUT2D eigenvalue weighted by atomic mass is 9.99. The van der Waals surface area contributed by atoms with Crippen molar-refractivity contribution in [2.45, 2.75) is 46.1 Å². The molecule has 0 amide bonds. The standard InChI is InChI=1S/C17H25N5O2/c1-12(2)16-20-15(24-21-16)10-22-6-4-5-14(9-22)11-23-17-18-7-13(3)8-19-17/h7-8,12,14H,4-6,9-11H2,1-3H3. The molecule has 24 heavy (non-hydrogen) atoms. The molecule has 0 saturated carbocycles. The van der Waals surface area contributed by atoms with E-state index in [1.807, 2.05) is 6.92 Å². The van der Waals surface area contributed by atoms with E-state index in [9.17, 15) is 0 Å². The van der Waals surface area contributed by atoms with E-state index in [-0.39, 0.29) is 0 Å². The Morgan fingerprint density at radius 2 is 2.12 bits per heavy atom. The van der Waals surface area contributed by atoms with E-state index in [1.54, 1.807) is 12.4 Å². The highest BCUT2D eigenvalue weighted by molar-refractivity contribution is 5.04. The van der Waals surface area contributed by atoms with Gasteiger partial charge in [0.25, 0.3) is 0 Å². The van der Waals surface area contributed by atoms with Gasteiger partial charge in [-0.25, -0.2) is 9.97 Å². The number of aryl methyl sites for hydroxylation is 1. The Balaban J connectivity index is 1.49. The molecule has 1 atom stereocenters. The molecule has 130 valence electrons. The first-order valence-corrected chi connectivity index (χ1v) is 8.56. The fourth-order valence-electron chi connectivity index (χ4n) is 2.84. The second-order valence-corrected chi connectivity index (χ2v) is 6.80. The summed E-state index contributed by atoms with van der Waals surface area (Å²) in [5.74, 6) is 2.23. The summed E-state index contributed by atoms with van der Waals surface area (Å²) in [5.41, 5.74) is 1.03. The van der Waals surface area contributed by atoms with Crippen molar-refractivity contribution in [3.05, 3.63) is 29.7 Å². The second kappa shape index (κ2) is 7.70. The van der Waals surface area contributed by atoms with E-state index in [1.165, 1.54) is 0 Å². The lowest BCUT2D eigenvalue weighted by Gasteiger charge is -2.31. The lowest BCUT2D eigenvalue weighted by molar-refractivity contribution is 0.111. The van der Waals surface area contributed by atoms with Crippen LogP contribution in [0.5, 0.6) is 6.01 Å². The van der Waals surface area contributed by atoms with Crippen LogP contribution in [0.25, 0.3) is 0 Å². The van der Waals surface area contributed by atoms with Crippen LogP contribution < -0.4 is 4.74 Å². The zero-order valence-corrected chi connectivity index (χ0v) is 14.6. The Kier molecular flexibility index (Phi) is 5.40. The Labute approximate surface area is 142 Å². The number of piperidine rings is 1. The minimum absolute atomic E-state index is 0.291. The number of rotatable bonds is 6. The Morgan fingerprint density at radius 1 is 1.33 bits per heavy atom. The van der Waals surface area contributed by atoms with E-state index in [4.69, 9.17) is 9.26 Å². The minimum atomic E-state index is 0.291. The van der Waals surface area contributed by atoms with Crippen LogP contribution in [0.1, 0.15) is 49.9 Å². The van der Waals surface area contributed by atoms with E-state index in [0.29, 0.717) is 36.9 Å². The normalized spacial score (nSPS) is 18.9. The molecule has 2 aromatic heterocycles. The first-order chi connectivity index (χ1) is 11.6. The van der Waals surface area contributed by atoms with Crippen LogP contribution in [0.3, 0.4) is 0 Å². The van der Waals surface area contributed by atoms with E-state index >= 15 is 0 Å². The maximum Gasteiger partial charge on any atom is 0.316 e. The molecule has 3 heterocycles. The second-order valence-electron chi connectivity index (χ2n) is 6.80. The van der Waals surface area contributed by atoms with Crippen LogP contribution >= 0.6 is 0 Å². The average molecular weight is 331 g/mol. The molecule has 7 heteroatoms. The molecule has 0 aromatic carbocycles. The molecule has 1 saturated heterocycles. The third kappa shape index (κ3) is 4.50. The Bertz CT molecular complexity index is 641. The molecule has 0 spiro atoms. The van der Waals surface area contributed by atoms with Gasteiger partial charge in [-0.3, -0.25) is 4.90 Å². The summed E-state index contributed by atoms with van der Waals surface area (Å²) < 4.78 is 11.1. The topological polar surface area (TPSA) is 77.2 Å². The monoisotopic (exact) mass is 331 g/mol. The number of hydrogen-bond donors (Lipinski definition) is 0. The lowest BCUT2D eigenvalue weighted by Crippen LogP contribution is -2.37. The summed E-state index contributed by atoms with van der Waals surface area (Å²) in [6.07, 6.45) is 5.85. The number of aromatic nitrogens is 4. The van der Waals surface area contributed by atoms with Crippen LogP contribution in [-0.2, 0) is 6.54 Å². The first-order valence-electron chi connectivity index (χ1n) is 8.56. The smallest absolute Gasteiger partial charge is 0.316 e. The number of nitrogens with zero attached hydrogens (tertiary/aromatic N) is 5. The summed E-state index contributed by atoms with van der Waals surface area (Å²) >= 11 is 0. The van der Waals surface area contributed by atoms with Gasteiger partial charge in [0.05, 0.1) is 13.2 Å². The van der Waals surface area contributed by atoms with Crippen LogP contribution in [0.15, 0.2) is 16.9 Å². The molecule has 2 aromatic rings. The fraction of sp³-hybridized carbons (Fsp3) is 0.647. The molecule has 1 unspecified atom stereocenters. The Morgan fingerprint density at radius 3 is 2.83 bits per heavy atom. The highest BCUT2D eigenvalue weighted by atomic mass is 16.5. The zero-order chi connectivity index (χ0) is 16.9. The van der Waals surface area contributed by atoms with Crippen molar-refractivity contribution in [2.24, 2.45) is 5.92 Å². The minimum Gasteiger partial charge on any atom is -0.463 e. The summed E-state index contributed by atoms with van der Waals surface area (Å²) in [6.45, 7) is 9.46. The van der Waals surface area contributed by atoms with Crippen LogP contribution in [0, 0.1) is 12.8 Å². The van der Waals surface area contributed by atoms with Crippen molar-refractivity contribution in [2.75, 3.05) is 19.7 Å². The highest BCUT2D eigenvalue weighted by Gasteiger charge is 2.23. The largest absolute Gasteiger partial charge is 0.463 e. The van der Waals surface area contributed by atoms with Crippen molar-refractivity contribution >= 4 is 0 Å². The third-order valence-corrected chi connectivity index (χ3v) is 4.17. The summed E-state index contributed by atoms with van der Waals surface area (Å²) in [7, 11) is 0. The fourth-order valence-corrected chi connectivity index (χ4v) is 2.84. The van der Waals surface area contributed by atoms with Gasteiger partial charge >= 0.3 is 6.01 Å². The van der Waals surface area contributed by atoms with Gasteiger partial charge in [-0.2, -0.15) is 4.98 Å². The molecule has 0 N–H and O–H groups in total. The van der Waals surface area contributed by atoms with E-state index < -0.39 is 0 Å². The maximum absolute atomic E-state index is 5.73. The molecular formula is C17H25N5O2. The summed E-state index contributed by atoms with van der Waals surface area (Å²) in [4.78, 5) is 15.2. The van der Waals surface area contributed by atoms with Gasteiger partial charge in [-0.05, 0) is 31.9 Å². The number of hydrogen-bond acceptors (Lipinski definition) is 7. The van der Waals surface area contributed by atoms with Crippen LogP contribution in [0.4, 0.5) is 0 Å². The molecule has 1 fully saturated rings. The van der Waals surface area contributed by atoms with Crippen molar-refractivity contribution in [1.82, 2.24) is 25.0 Å². The summed E-state index contributed by atoms with van der Waals surface area (Å²) in [6, 6.07) is 0.455. The van der Waals surface area contributed by atoms with Crippen LogP contribution in [0.2, 0.25) is 0 Å². The molecule has 0 radical (unpaired) electrons. The van der Waals surface area contributed by atoms with Crippen molar-refractivity contribution in [3.63, 3.8) is 0 Å². The quantitative estimate of drug-likeness (QED) is 0.805. The number of ether oxygens (including phenoxy) is 1. The van der Waals surface area contributed by atoms with Crippen molar-refractivity contribution in [1.29, 1.82) is 0 Å².